The molecule has 0 aliphatic carbocycles. The smallest absolute Gasteiger partial charge is 0.0635 e. The van der Waals surface area contributed by atoms with Crippen molar-refractivity contribution in [1.82, 2.24) is 20.4 Å². The lowest BCUT2D eigenvalue weighted by atomic mass is 10.1. The molecule has 2 fully saturated rings. The molecule has 0 aromatic rings. The zero-order chi connectivity index (χ0) is 14.2. The van der Waals surface area contributed by atoms with E-state index in [0.717, 1.165) is 26.3 Å². The van der Waals surface area contributed by atoms with Crippen molar-refractivity contribution in [3.05, 3.63) is 0 Å². The molecule has 2 aliphatic heterocycles. The van der Waals surface area contributed by atoms with Gasteiger partial charge in [0, 0.05) is 44.8 Å². The summed E-state index contributed by atoms with van der Waals surface area (Å²) < 4.78 is 5.51. The molecular formula is C15H32N4O. The number of nitrogens with one attached hydrogen (secondary N) is 2. The number of nitrogens with zero attached hydrogens (tertiary/aromatic N) is 2. The molecule has 0 aromatic carbocycles. The molecule has 0 amide bonds. The van der Waals surface area contributed by atoms with Crippen LogP contribution in [0.5, 0.6) is 0 Å². The average molecular weight is 284 g/mol. The van der Waals surface area contributed by atoms with Crippen LogP contribution < -0.4 is 10.6 Å². The van der Waals surface area contributed by atoms with E-state index in [1.807, 2.05) is 0 Å². The molecule has 0 saturated carbocycles. The Balaban J connectivity index is 1.46. The van der Waals surface area contributed by atoms with Gasteiger partial charge in [0.05, 0.1) is 13.2 Å². The fourth-order valence-electron chi connectivity index (χ4n) is 2.91. The summed E-state index contributed by atoms with van der Waals surface area (Å²) >= 11 is 0. The van der Waals surface area contributed by atoms with Gasteiger partial charge in [0.1, 0.15) is 0 Å². The normalized spacial score (nSPS) is 27.6. The van der Waals surface area contributed by atoms with Crippen LogP contribution in [0.2, 0.25) is 0 Å². The predicted octanol–water partition coefficient (Wildman–Crippen LogP) is -0.0195. The molecule has 0 aromatic heterocycles. The summed E-state index contributed by atoms with van der Waals surface area (Å²) in [5.74, 6) is 0. The first-order chi connectivity index (χ1) is 9.75. The van der Waals surface area contributed by atoms with Crippen LogP contribution in [0.25, 0.3) is 0 Å². The highest BCUT2D eigenvalue weighted by Gasteiger charge is 2.19. The maximum Gasteiger partial charge on any atom is 0.0635 e. The molecule has 2 N–H and O–H groups in total. The Labute approximate surface area is 124 Å². The van der Waals surface area contributed by atoms with E-state index in [1.165, 1.54) is 45.6 Å². The topological polar surface area (TPSA) is 39.8 Å². The van der Waals surface area contributed by atoms with E-state index >= 15 is 0 Å². The molecular weight excluding hydrogens is 252 g/mol. The Kier molecular flexibility index (Phi) is 7.24. The molecule has 2 rings (SSSR count). The summed E-state index contributed by atoms with van der Waals surface area (Å²) in [7, 11) is 2.21. The highest BCUT2D eigenvalue weighted by molar-refractivity contribution is 4.80. The maximum absolute atomic E-state index is 5.51. The third kappa shape index (κ3) is 5.66. The van der Waals surface area contributed by atoms with Crippen molar-refractivity contribution in [2.75, 3.05) is 66.1 Å². The van der Waals surface area contributed by atoms with Gasteiger partial charge in [-0.15, -0.1) is 0 Å². The molecule has 0 spiro atoms. The van der Waals surface area contributed by atoms with Gasteiger partial charge in [-0.05, 0) is 39.9 Å². The lowest BCUT2D eigenvalue weighted by molar-refractivity contribution is 0.0659. The van der Waals surface area contributed by atoms with E-state index in [2.05, 4.69) is 34.4 Å². The van der Waals surface area contributed by atoms with Crippen LogP contribution in [0.1, 0.15) is 19.8 Å². The fourth-order valence-corrected chi connectivity index (χ4v) is 2.91. The highest BCUT2D eigenvalue weighted by Crippen LogP contribution is 2.02. The zero-order valence-corrected chi connectivity index (χ0v) is 13.2. The first kappa shape index (κ1) is 16.2. The van der Waals surface area contributed by atoms with Gasteiger partial charge in [-0.1, -0.05) is 0 Å². The second-order valence-electron chi connectivity index (χ2n) is 6.23. The Bertz CT molecular complexity index is 250. The van der Waals surface area contributed by atoms with Crippen LogP contribution in [0, 0.1) is 0 Å². The minimum Gasteiger partial charge on any atom is -0.378 e. The average Bonchev–Trinajstić information content (AvgIpc) is 2.49. The van der Waals surface area contributed by atoms with Gasteiger partial charge < -0.3 is 25.2 Å². The second-order valence-corrected chi connectivity index (χ2v) is 6.23. The van der Waals surface area contributed by atoms with Gasteiger partial charge in [-0.25, -0.2) is 0 Å². The first-order valence-electron chi connectivity index (χ1n) is 8.21. The van der Waals surface area contributed by atoms with Gasteiger partial charge in [-0.2, -0.15) is 0 Å². The van der Waals surface area contributed by atoms with E-state index < -0.39 is 0 Å². The van der Waals surface area contributed by atoms with Crippen LogP contribution in [-0.2, 0) is 4.74 Å². The van der Waals surface area contributed by atoms with Gasteiger partial charge in [0.25, 0.3) is 0 Å². The van der Waals surface area contributed by atoms with Crippen LogP contribution in [-0.4, -0.2) is 88.0 Å². The molecule has 5 heteroatoms. The monoisotopic (exact) mass is 284 g/mol. The van der Waals surface area contributed by atoms with Crippen molar-refractivity contribution >= 4 is 0 Å². The summed E-state index contributed by atoms with van der Waals surface area (Å²) in [6.07, 6.45) is 2.57. The van der Waals surface area contributed by atoms with E-state index in [4.69, 9.17) is 4.74 Å². The van der Waals surface area contributed by atoms with E-state index in [9.17, 15) is 0 Å². The van der Waals surface area contributed by atoms with Crippen molar-refractivity contribution in [3.63, 3.8) is 0 Å². The van der Waals surface area contributed by atoms with Crippen molar-refractivity contribution < 1.29 is 4.74 Å². The number of hydrogen-bond donors (Lipinski definition) is 2. The third-order valence-electron chi connectivity index (χ3n) is 4.52. The van der Waals surface area contributed by atoms with Crippen LogP contribution >= 0.6 is 0 Å². The number of hydrogen-bond acceptors (Lipinski definition) is 5. The van der Waals surface area contributed by atoms with Crippen LogP contribution in [0.4, 0.5) is 0 Å². The number of likely N-dealkylation sites (N-methyl/N-ethyl adjacent to an activating group) is 1. The van der Waals surface area contributed by atoms with E-state index in [-0.39, 0.29) is 0 Å². The largest absolute Gasteiger partial charge is 0.378 e. The highest BCUT2D eigenvalue weighted by atomic mass is 16.5. The minimum absolute atomic E-state index is 0.474. The molecule has 0 radical (unpaired) electrons. The van der Waals surface area contributed by atoms with Crippen molar-refractivity contribution in [2.24, 2.45) is 0 Å². The quantitative estimate of drug-likeness (QED) is 0.643. The standard InChI is InChI=1S/C15H32N4O/c1-14(15-13-20-12-6-17-15)16-5-3-4-7-19-10-8-18(2)9-11-19/h14-17H,3-13H2,1-2H3. The molecule has 0 bridgehead atoms. The lowest BCUT2D eigenvalue weighted by Gasteiger charge is -2.32. The lowest BCUT2D eigenvalue weighted by Crippen LogP contribution is -2.52. The van der Waals surface area contributed by atoms with Gasteiger partial charge in [0.15, 0.2) is 0 Å². The second kappa shape index (κ2) is 8.95. The number of ether oxygens (including phenoxy) is 1. The summed E-state index contributed by atoms with van der Waals surface area (Å²) in [4.78, 5) is 5.01. The molecule has 20 heavy (non-hydrogen) atoms. The molecule has 2 unspecified atom stereocenters. The third-order valence-corrected chi connectivity index (χ3v) is 4.52. The minimum atomic E-state index is 0.474. The van der Waals surface area contributed by atoms with E-state index in [1.54, 1.807) is 0 Å². The Morgan fingerprint density at radius 1 is 1.25 bits per heavy atom. The molecule has 2 atom stereocenters. The fraction of sp³-hybridized carbons (Fsp3) is 1.00. The number of morpholine rings is 1. The van der Waals surface area contributed by atoms with Crippen LogP contribution in [0.15, 0.2) is 0 Å². The summed E-state index contributed by atoms with van der Waals surface area (Å²) in [6, 6.07) is 0.973. The van der Waals surface area contributed by atoms with Crippen molar-refractivity contribution in [3.8, 4) is 0 Å². The molecule has 5 nitrogen and oxygen atoms in total. The van der Waals surface area contributed by atoms with E-state index in [0.29, 0.717) is 12.1 Å². The number of piperazine rings is 1. The predicted molar refractivity (Wildman–Crippen MR) is 83.2 cm³/mol. The molecule has 118 valence electrons. The van der Waals surface area contributed by atoms with Crippen molar-refractivity contribution in [2.45, 2.75) is 31.8 Å². The molecule has 2 saturated heterocycles. The number of rotatable bonds is 7. The van der Waals surface area contributed by atoms with Crippen molar-refractivity contribution in [1.29, 1.82) is 0 Å². The Hall–Kier alpha value is -0.200. The summed E-state index contributed by atoms with van der Waals surface area (Å²) in [5, 5.41) is 7.14. The van der Waals surface area contributed by atoms with Crippen LogP contribution in [0.3, 0.4) is 0 Å². The zero-order valence-electron chi connectivity index (χ0n) is 13.2. The molecule has 2 heterocycles. The first-order valence-corrected chi connectivity index (χ1v) is 8.21. The van der Waals surface area contributed by atoms with Gasteiger partial charge in [-0.3, -0.25) is 0 Å². The Morgan fingerprint density at radius 2 is 2.05 bits per heavy atom. The SMILES string of the molecule is CC(NCCCCN1CCN(C)CC1)C1COCCN1. The van der Waals surface area contributed by atoms with Gasteiger partial charge in [0.2, 0.25) is 0 Å². The maximum atomic E-state index is 5.51. The molecule has 2 aliphatic rings. The number of unbranched alkanes of at least 4 members (excludes halogenated alkanes) is 1. The Morgan fingerprint density at radius 3 is 2.75 bits per heavy atom. The van der Waals surface area contributed by atoms with Gasteiger partial charge >= 0.3 is 0 Å². The summed E-state index contributed by atoms with van der Waals surface area (Å²) in [5.41, 5.74) is 0. The summed E-state index contributed by atoms with van der Waals surface area (Å²) in [6.45, 7) is 12.2.